The van der Waals surface area contributed by atoms with E-state index in [9.17, 15) is 0 Å². The molecule has 1 heterocycles. The topological polar surface area (TPSA) is 30.5 Å². The smallest absolute Gasteiger partial charge is 0.0782 e. The molecule has 1 atom stereocenters. The Kier molecular flexibility index (Phi) is 3.88. The molecule has 0 spiro atoms. The highest BCUT2D eigenvalue weighted by molar-refractivity contribution is 4.95. The third-order valence-electron chi connectivity index (χ3n) is 4.21. The second-order valence-electron chi connectivity index (χ2n) is 5.66. The lowest BCUT2D eigenvalue weighted by Gasteiger charge is -2.45. The quantitative estimate of drug-likeness (QED) is 0.782. The van der Waals surface area contributed by atoms with Crippen LogP contribution in [0.3, 0.4) is 0 Å². The van der Waals surface area contributed by atoms with Crippen molar-refractivity contribution in [3.8, 4) is 0 Å². The van der Waals surface area contributed by atoms with Crippen molar-refractivity contribution >= 4 is 0 Å². The van der Waals surface area contributed by atoms with E-state index in [-0.39, 0.29) is 5.60 Å². The summed E-state index contributed by atoms with van der Waals surface area (Å²) < 4.78 is 11.3. The second-order valence-corrected chi connectivity index (χ2v) is 5.66. The highest BCUT2D eigenvalue weighted by Gasteiger charge is 2.39. The minimum atomic E-state index is -0.0111. The van der Waals surface area contributed by atoms with E-state index in [1.54, 1.807) is 0 Å². The van der Waals surface area contributed by atoms with Crippen LogP contribution in [0.4, 0.5) is 0 Å². The van der Waals surface area contributed by atoms with E-state index < -0.39 is 0 Å². The summed E-state index contributed by atoms with van der Waals surface area (Å²) in [4.78, 5) is 0. The zero-order valence-electron chi connectivity index (χ0n) is 10.8. The van der Waals surface area contributed by atoms with Crippen molar-refractivity contribution in [3.63, 3.8) is 0 Å². The summed E-state index contributed by atoms with van der Waals surface area (Å²) in [6.45, 7) is 6.27. The van der Waals surface area contributed by atoms with Gasteiger partial charge in [0, 0.05) is 19.7 Å². The fraction of sp³-hybridized carbons (Fsp3) is 1.00. The molecule has 1 saturated carbocycles. The van der Waals surface area contributed by atoms with Crippen LogP contribution >= 0.6 is 0 Å². The van der Waals surface area contributed by atoms with Crippen LogP contribution in [0, 0.1) is 5.92 Å². The van der Waals surface area contributed by atoms with Crippen molar-refractivity contribution in [2.24, 2.45) is 5.92 Å². The Balaban J connectivity index is 1.92. The average molecular weight is 227 g/mol. The van der Waals surface area contributed by atoms with Crippen LogP contribution < -0.4 is 5.32 Å². The molecule has 2 fully saturated rings. The third kappa shape index (κ3) is 2.58. The zero-order chi connectivity index (χ0) is 11.6. The van der Waals surface area contributed by atoms with Gasteiger partial charge in [-0.25, -0.2) is 0 Å². The lowest BCUT2D eigenvalue weighted by atomic mass is 9.76. The lowest BCUT2D eigenvalue weighted by Crippen LogP contribution is -2.58. The number of nitrogens with one attached hydrogen (secondary N) is 1. The molecule has 1 N–H and O–H groups in total. The summed E-state index contributed by atoms with van der Waals surface area (Å²) in [6, 6.07) is 0.513. The van der Waals surface area contributed by atoms with Crippen LogP contribution in [0.2, 0.25) is 0 Å². The van der Waals surface area contributed by atoms with Gasteiger partial charge in [0.15, 0.2) is 0 Å². The first-order chi connectivity index (χ1) is 7.63. The first-order valence-corrected chi connectivity index (χ1v) is 6.53. The summed E-state index contributed by atoms with van der Waals surface area (Å²) in [6.07, 6.45) is 5.43. The number of rotatable bonds is 2. The predicted octanol–water partition coefficient (Wildman–Crippen LogP) is 1.96. The fourth-order valence-corrected chi connectivity index (χ4v) is 3.26. The highest BCUT2D eigenvalue weighted by Crippen LogP contribution is 2.34. The molecule has 0 aromatic rings. The van der Waals surface area contributed by atoms with Crippen molar-refractivity contribution in [3.05, 3.63) is 0 Å². The van der Waals surface area contributed by atoms with E-state index in [0.29, 0.717) is 12.1 Å². The van der Waals surface area contributed by atoms with Crippen molar-refractivity contribution in [1.82, 2.24) is 5.32 Å². The van der Waals surface area contributed by atoms with Crippen molar-refractivity contribution in [1.29, 1.82) is 0 Å². The molecule has 2 aliphatic rings. The van der Waals surface area contributed by atoms with Gasteiger partial charge in [0.25, 0.3) is 0 Å². The van der Waals surface area contributed by atoms with Gasteiger partial charge in [-0.15, -0.1) is 0 Å². The summed E-state index contributed by atoms with van der Waals surface area (Å²) in [5.41, 5.74) is -0.0111. The zero-order valence-corrected chi connectivity index (χ0v) is 10.8. The molecule has 2 rings (SSSR count). The van der Waals surface area contributed by atoms with Crippen LogP contribution in [0.1, 0.15) is 39.5 Å². The molecule has 3 nitrogen and oxygen atoms in total. The molecule has 0 aromatic carbocycles. The number of methoxy groups -OCH3 is 1. The first kappa shape index (κ1) is 12.3. The van der Waals surface area contributed by atoms with Gasteiger partial charge in [-0.3, -0.25) is 0 Å². The van der Waals surface area contributed by atoms with Gasteiger partial charge in [-0.2, -0.15) is 0 Å². The molecule has 16 heavy (non-hydrogen) atoms. The predicted molar refractivity (Wildman–Crippen MR) is 64.6 cm³/mol. The molecule has 0 amide bonds. The molecule has 1 aliphatic heterocycles. The van der Waals surface area contributed by atoms with Gasteiger partial charge in [-0.05, 0) is 45.4 Å². The molecular weight excluding hydrogens is 202 g/mol. The number of hydrogen-bond donors (Lipinski definition) is 1. The summed E-state index contributed by atoms with van der Waals surface area (Å²) in [7, 11) is 1.83. The van der Waals surface area contributed by atoms with Gasteiger partial charge in [0.05, 0.1) is 18.3 Å². The van der Waals surface area contributed by atoms with E-state index in [4.69, 9.17) is 9.47 Å². The lowest BCUT2D eigenvalue weighted by molar-refractivity contribution is -0.0937. The van der Waals surface area contributed by atoms with E-state index >= 15 is 0 Å². The number of ether oxygens (including phenoxy) is 2. The van der Waals surface area contributed by atoms with Gasteiger partial charge in [-0.1, -0.05) is 0 Å². The normalized spacial score (nSPS) is 39.6. The molecule has 0 bridgehead atoms. The maximum Gasteiger partial charge on any atom is 0.0782 e. The van der Waals surface area contributed by atoms with Crippen LogP contribution in [-0.2, 0) is 9.47 Å². The van der Waals surface area contributed by atoms with E-state index in [0.717, 1.165) is 19.1 Å². The Morgan fingerprint density at radius 1 is 1.19 bits per heavy atom. The third-order valence-corrected chi connectivity index (χ3v) is 4.21. The van der Waals surface area contributed by atoms with Crippen LogP contribution in [0.25, 0.3) is 0 Å². The molecule has 1 unspecified atom stereocenters. The Bertz CT molecular complexity index is 222. The Morgan fingerprint density at radius 3 is 2.44 bits per heavy atom. The molecule has 94 valence electrons. The average Bonchev–Trinajstić information content (AvgIpc) is 2.29. The Morgan fingerprint density at radius 2 is 1.88 bits per heavy atom. The second kappa shape index (κ2) is 5.03. The Labute approximate surface area is 98.9 Å². The first-order valence-electron chi connectivity index (χ1n) is 6.53. The summed E-state index contributed by atoms with van der Waals surface area (Å²) >= 11 is 0. The molecule has 1 aliphatic carbocycles. The van der Waals surface area contributed by atoms with Crippen molar-refractivity contribution < 1.29 is 9.47 Å². The molecule has 0 aromatic heterocycles. The van der Waals surface area contributed by atoms with Crippen molar-refractivity contribution in [2.45, 2.75) is 57.3 Å². The summed E-state index contributed by atoms with van der Waals surface area (Å²) in [5, 5.41) is 3.65. The van der Waals surface area contributed by atoms with Crippen LogP contribution in [0.15, 0.2) is 0 Å². The standard InChI is InChI=1S/C13H25NO2/c1-13(2)12(14-8-9-16-13)10-4-6-11(15-3)7-5-10/h10-12,14H,4-9H2,1-3H3. The van der Waals surface area contributed by atoms with E-state index in [1.165, 1.54) is 25.7 Å². The van der Waals surface area contributed by atoms with E-state index in [1.807, 2.05) is 7.11 Å². The number of morpholine rings is 1. The minimum absolute atomic E-state index is 0.0111. The van der Waals surface area contributed by atoms with Crippen molar-refractivity contribution in [2.75, 3.05) is 20.3 Å². The molecule has 3 heteroatoms. The Hall–Kier alpha value is -0.120. The maximum absolute atomic E-state index is 5.89. The van der Waals surface area contributed by atoms with Gasteiger partial charge < -0.3 is 14.8 Å². The maximum atomic E-state index is 5.89. The highest BCUT2D eigenvalue weighted by atomic mass is 16.5. The fourth-order valence-electron chi connectivity index (χ4n) is 3.26. The van der Waals surface area contributed by atoms with Gasteiger partial charge in [0.2, 0.25) is 0 Å². The van der Waals surface area contributed by atoms with Gasteiger partial charge >= 0.3 is 0 Å². The number of hydrogen-bond acceptors (Lipinski definition) is 3. The minimum Gasteiger partial charge on any atom is -0.381 e. The molecular formula is C13H25NO2. The monoisotopic (exact) mass is 227 g/mol. The van der Waals surface area contributed by atoms with Gasteiger partial charge in [0.1, 0.15) is 0 Å². The molecule has 1 saturated heterocycles. The van der Waals surface area contributed by atoms with Crippen LogP contribution in [-0.4, -0.2) is 38.0 Å². The summed E-state index contributed by atoms with van der Waals surface area (Å²) in [5.74, 6) is 0.752. The molecule has 0 radical (unpaired) electrons. The van der Waals surface area contributed by atoms with E-state index in [2.05, 4.69) is 19.2 Å². The van der Waals surface area contributed by atoms with Crippen LogP contribution in [0.5, 0.6) is 0 Å². The SMILES string of the molecule is COC1CCC(C2NCCOC2(C)C)CC1. The largest absolute Gasteiger partial charge is 0.381 e.